The van der Waals surface area contributed by atoms with Gasteiger partial charge in [0.05, 0.1) is 0 Å². The first-order chi connectivity index (χ1) is 9.08. The van der Waals surface area contributed by atoms with E-state index in [1.165, 1.54) is 0 Å². The molecule has 0 saturated heterocycles. The van der Waals surface area contributed by atoms with E-state index in [2.05, 4.69) is 5.32 Å². The number of fused-ring (bicyclic) bond motifs is 1. The molecule has 1 aliphatic rings. The lowest BCUT2D eigenvalue weighted by molar-refractivity contribution is -0.117. The lowest BCUT2D eigenvalue weighted by Crippen LogP contribution is -2.33. The Kier molecular flexibility index (Phi) is 4.04. The number of Topliss-reactive ketones (excluding diaryl/α,β-unsaturated/α-hetero) is 1. The first-order valence-corrected chi connectivity index (χ1v) is 6.30. The van der Waals surface area contributed by atoms with Gasteiger partial charge in [-0.2, -0.15) is 0 Å². The van der Waals surface area contributed by atoms with Crippen LogP contribution in [0, 0.1) is 5.92 Å². The van der Waals surface area contributed by atoms with Crippen molar-refractivity contribution in [2.24, 2.45) is 5.92 Å². The van der Waals surface area contributed by atoms with E-state index in [4.69, 9.17) is 9.47 Å². The molecule has 0 radical (unpaired) electrons. The van der Waals surface area contributed by atoms with Crippen LogP contribution in [-0.2, 0) is 4.79 Å². The van der Waals surface area contributed by atoms with Crippen LogP contribution in [-0.4, -0.2) is 31.4 Å². The second-order valence-corrected chi connectivity index (χ2v) is 4.79. The van der Waals surface area contributed by atoms with Gasteiger partial charge in [-0.1, -0.05) is 13.8 Å². The van der Waals surface area contributed by atoms with Gasteiger partial charge in [0.15, 0.2) is 11.5 Å². The average Bonchev–Trinajstić information content (AvgIpc) is 2.43. The number of amides is 1. The Bertz CT molecular complexity index is 496. The van der Waals surface area contributed by atoms with Crippen molar-refractivity contribution in [2.45, 2.75) is 13.8 Å². The number of hydrogen-bond donors (Lipinski definition) is 1. The summed E-state index contributed by atoms with van der Waals surface area (Å²) in [7, 11) is 0. The van der Waals surface area contributed by atoms with Gasteiger partial charge in [0.25, 0.3) is 5.91 Å². The minimum absolute atomic E-state index is 0.303. The van der Waals surface area contributed by atoms with Gasteiger partial charge < -0.3 is 14.8 Å². The second-order valence-electron chi connectivity index (χ2n) is 4.79. The molecule has 1 aliphatic heterocycles. The lowest BCUT2D eigenvalue weighted by Gasteiger charge is -2.18. The quantitative estimate of drug-likeness (QED) is 0.659. The molecule has 5 nitrogen and oxygen atoms in total. The highest BCUT2D eigenvalue weighted by atomic mass is 16.6. The number of ketones is 1. The first kappa shape index (κ1) is 13.4. The SMILES string of the molecule is CC(C)CNC(=O)C(=O)c1ccc2c(c1)OCCO2. The Balaban J connectivity index is 2.08. The van der Waals surface area contributed by atoms with Crippen molar-refractivity contribution in [1.29, 1.82) is 0 Å². The van der Waals surface area contributed by atoms with Crippen molar-refractivity contribution in [3.63, 3.8) is 0 Å². The van der Waals surface area contributed by atoms with E-state index in [-0.39, 0.29) is 0 Å². The monoisotopic (exact) mass is 263 g/mol. The molecule has 0 unspecified atom stereocenters. The summed E-state index contributed by atoms with van der Waals surface area (Å²) in [5, 5.41) is 2.60. The summed E-state index contributed by atoms with van der Waals surface area (Å²) < 4.78 is 10.7. The van der Waals surface area contributed by atoms with Gasteiger partial charge in [-0.3, -0.25) is 9.59 Å². The zero-order chi connectivity index (χ0) is 13.8. The van der Waals surface area contributed by atoms with E-state index >= 15 is 0 Å². The Labute approximate surface area is 111 Å². The molecule has 1 N–H and O–H groups in total. The van der Waals surface area contributed by atoms with Gasteiger partial charge >= 0.3 is 0 Å². The topological polar surface area (TPSA) is 64.6 Å². The van der Waals surface area contributed by atoms with Crippen LogP contribution in [0.1, 0.15) is 24.2 Å². The molecule has 1 heterocycles. The maximum Gasteiger partial charge on any atom is 0.292 e. The van der Waals surface area contributed by atoms with E-state index in [9.17, 15) is 9.59 Å². The van der Waals surface area contributed by atoms with Crippen LogP contribution in [0.25, 0.3) is 0 Å². The fraction of sp³-hybridized carbons (Fsp3) is 0.429. The Morgan fingerprint density at radius 2 is 1.89 bits per heavy atom. The molecule has 1 amide bonds. The third kappa shape index (κ3) is 3.24. The van der Waals surface area contributed by atoms with E-state index in [0.29, 0.717) is 42.7 Å². The number of carbonyl (C=O) groups is 2. The maximum atomic E-state index is 11.9. The Hall–Kier alpha value is -2.04. The maximum absolute atomic E-state index is 11.9. The van der Waals surface area contributed by atoms with Crippen LogP contribution in [0.5, 0.6) is 11.5 Å². The molecule has 0 saturated carbocycles. The average molecular weight is 263 g/mol. The third-order valence-electron chi connectivity index (χ3n) is 2.68. The van der Waals surface area contributed by atoms with Crippen molar-refractivity contribution < 1.29 is 19.1 Å². The van der Waals surface area contributed by atoms with E-state index in [1.54, 1.807) is 18.2 Å². The molecule has 1 aromatic rings. The van der Waals surface area contributed by atoms with Crippen LogP contribution in [0.2, 0.25) is 0 Å². The zero-order valence-corrected chi connectivity index (χ0v) is 11.1. The number of carbonyl (C=O) groups excluding carboxylic acids is 2. The minimum atomic E-state index is -0.592. The number of rotatable bonds is 4. The molecule has 0 fully saturated rings. The molecule has 0 bridgehead atoms. The van der Waals surface area contributed by atoms with E-state index in [0.717, 1.165) is 0 Å². The molecule has 19 heavy (non-hydrogen) atoms. The molecule has 0 aliphatic carbocycles. The smallest absolute Gasteiger partial charge is 0.292 e. The van der Waals surface area contributed by atoms with Gasteiger partial charge in [0.1, 0.15) is 13.2 Å². The van der Waals surface area contributed by atoms with Gasteiger partial charge in [0.2, 0.25) is 5.78 Å². The predicted octanol–water partition coefficient (Wildman–Crippen LogP) is 1.41. The standard InChI is InChI=1S/C14H17NO4/c1-9(2)8-15-14(17)13(16)10-3-4-11-12(7-10)19-6-5-18-11/h3-4,7,9H,5-6,8H2,1-2H3,(H,15,17). The van der Waals surface area contributed by atoms with Gasteiger partial charge in [-0.25, -0.2) is 0 Å². The Morgan fingerprint density at radius 3 is 2.58 bits per heavy atom. The van der Waals surface area contributed by atoms with Crippen LogP contribution in [0.3, 0.4) is 0 Å². The summed E-state index contributed by atoms with van der Waals surface area (Å²) in [6.07, 6.45) is 0. The summed E-state index contributed by atoms with van der Waals surface area (Å²) in [4.78, 5) is 23.6. The highest BCUT2D eigenvalue weighted by Gasteiger charge is 2.19. The second kappa shape index (κ2) is 5.73. The summed E-state index contributed by atoms with van der Waals surface area (Å²) in [5.41, 5.74) is 0.311. The zero-order valence-electron chi connectivity index (χ0n) is 11.1. The van der Waals surface area contributed by atoms with Crippen LogP contribution >= 0.6 is 0 Å². The molecule has 5 heteroatoms. The minimum Gasteiger partial charge on any atom is -0.486 e. The number of hydrogen-bond acceptors (Lipinski definition) is 4. The summed E-state index contributed by atoms with van der Waals surface area (Å²) in [6.45, 7) is 5.36. The molecular formula is C14H17NO4. The number of nitrogens with one attached hydrogen (secondary N) is 1. The van der Waals surface area contributed by atoms with Gasteiger partial charge in [-0.05, 0) is 24.1 Å². The molecule has 2 rings (SSSR count). The Morgan fingerprint density at radius 1 is 1.21 bits per heavy atom. The van der Waals surface area contributed by atoms with Crippen molar-refractivity contribution in [3.8, 4) is 11.5 Å². The third-order valence-corrected chi connectivity index (χ3v) is 2.68. The predicted molar refractivity (Wildman–Crippen MR) is 69.6 cm³/mol. The molecular weight excluding hydrogens is 246 g/mol. The summed E-state index contributed by atoms with van der Waals surface area (Å²) in [5.74, 6) is 0.263. The molecule has 1 aromatic carbocycles. The lowest BCUT2D eigenvalue weighted by atomic mass is 10.1. The first-order valence-electron chi connectivity index (χ1n) is 6.30. The van der Waals surface area contributed by atoms with Crippen LogP contribution in [0.4, 0.5) is 0 Å². The van der Waals surface area contributed by atoms with Gasteiger partial charge in [0, 0.05) is 12.1 Å². The molecule has 102 valence electrons. The normalized spacial score (nSPS) is 13.2. The van der Waals surface area contributed by atoms with Crippen molar-refractivity contribution in [1.82, 2.24) is 5.32 Å². The fourth-order valence-electron chi connectivity index (χ4n) is 1.69. The number of benzene rings is 1. The van der Waals surface area contributed by atoms with Gasteiger partial charge in [-0.15, -0.1) is 0 Å². The molecule has 0 aromatic heterocycles. The van der Waals surface area contributed by atoms with Crippen LogP contribution in [0.15, 0.2) is 18.2 Å². The highest BCUT2D eigenvalue weighted by Crippen LogP contribution is 2.30. The van der Waals surface area contributed by atoms with Crippen LogP contribution < -0.4 is 14.8 Å². The van der Waals surface area contributed by atoms with Crippen molar-refractivity contribution in [3.05, 3.63) is 23.8 Å². The van der Waals surface area contributed by atoms with E-state index in [1.807, 2.05) is 13.8 Å². The van der Waals surface area contributed by atoms with E-state index < -0.39 is 11.7 Å². The summed E-state index contributed by atoms with van der Waals surface area (Å²) >= 11 is 0. The van der Waals surface area contributed by atoms with Crippen molar-refractivity contribution >= 4 is 11.7 Å². The fourth-order valence-corrected chi connectivity index (χ4v) is 1.69. The molecule has 0 spiro atoms. The highest BCUT2D eigenvalue weighted by molar-refractivity contribution is 6.42. The summed E-state index contributed by atoms with van der Waals surface area (Å²) in [6, 6.07) is 4.77. The largest absolute Gasteiger partial charge is 0.486 e. The molecule has 0 atom stereocenters. The van der Waals surface area contributed by atoms with Crippen molar-refractivity contribution in [2.75, 3.05) is 19.8 Å². The number of ether oxygens (including phenoxy) is 2.